The molecule has 1 atom stereocenters. The first-order valence-electron chi connectivity index (χ1n) is 4.36. The van der Waals surface area contributed by atoms with Gasteiger partial charge in [-0.25, -0.2) is 4.79 Å². The number of hydrogen-bond acceptors (Lipinski definition) is 3. The minimum absolute atomic E-state index is 0.0257. The first kappa shape index (κ1) is 8.51. The zero-order chi connectivity index (χ0) is 9.59. The summed E-state index contributed by atoms with van der Waals surface area (Å²) in [6, 6.07) is 0. The highest BCUT2D eigenvalue weighted by Gasteiger charge is 2.25. The van der Waals surface area contributed by atoms with E-state index in [-0.39, 0.29) is 11.7 Å². The maximum absolute atomic E-state index is 11.3. The summed E-state index contributed by atoms with van der Waals surface area (Å²) in [4.78, 5) is 11.3. The van der Waals surface area contributed by atoms with Gasteiger partial charge in [-0.05, 0) is 26.3 Å². The molecule has 2 rings (SSSR count). The lowest BCUT2D eigenvalue weighted by Gasteiger charge is -2.06. The van der Waals surface area contributed by atoms with Gasteiger partial charge in [0.1, 0.15) is 5.76 Å². The van der Waals surface area contributed by atoms with Crippen molar-refractivity contribution in [2.24, 2.45) is 0 Å². The number of hydrogen-bond donors (Lipinski definition) is 0. The molecule has 0 saturated carbocycles. The molecule has 0 spiro atoms. The fourth-order valence-corrected chi connectivity index (χ4v) is 1.82. The summed E-state index contributed by atoms with van der Waals surface area (Å²) in [6.07, 6.45) is 0.0257. The van der Waals surface area contributed by atoms with Gasteiger partial charge >= 0.3 is 5.63 Å². The van der Waals surface area contributed by atoms with Crippen LogP contribution in [0.3, 0.4) is 0 Å². The van der Waals surface area contributed by atoms with Gasteiger partial charge in [0.25, 0.3) is 0 Å². The number of aryl methyl sites for hydroxylation is 1. The van der Waals surface area contributed by atoms with Crippen LogP contribution in [0.2, 0.25) is 0 Å². The Morgan fingerprint density at radius 2 is 2.08 bits per heavy atom. The van der Waals surface area contributed by atoms with Crippen molar-refractivity contribution in [2.75, 3.05) is 0 Å². The Hall–Kier alpha value is -1.09. The van der Waals surface area contributed by atoms with E-state index in [1.54, 1.807) is 13.8 Å². The fourth-order valence-electron chi connectivity index (χ4n) is 1.82. The quantitative estimate of drug-likeness (QED) is 0.611. The van der Waals surface area contributed by atoms with Crippen LogP contribution >= 0.6 is 0 Å². The molecule has 13 heavy (non-hydrogen) atoms. The zero-order valence-corrected chi connectivity index (χ0v) is 8.01. The van der Waals surface area contributed by atoms with Gasteiger partial charge < -0.3 is 9.15 Å². The topological polar surface area (TPSA) is 39.4 Å². The van der Waals surface area contributed by atoms with E-state index in [2.05, 4.69) is 0 Å². The minimum Gasteiger partial charge on any atom is -0.428 e. The third kappa shape index (κ3) is 1.11. The normalized spacial score (nSPS) is 20.4. The van der Waals surface area contributed by atoms with Crippen LogP contribution in [-0.4, -0.2) is 0 Å². The second kappa shape index (κ2) is 2.70. The summed E-state index contributed by atoms with van der Waals surface area (Å²) in [5, 5.41) is 0. The molecule has 3 heteroatoms. The summed E-state index contributed by atoms with van der Waals surface area (Å²) in [5.41, 5.74) is 2.51. The Bertz CT molecular complexity index is 403. The molecule has 2 heterocycles. The average molecular weight is 180 g/mol. The van der Waals surface area contributed by atoms with E-state index < -0.39 is 0 Å². The largest absolute Gasteiger partial charge is 0.428 e. The Balaban J connectivity index is 2.78. The molecule has 1 aromatic heterocycles. The molecule has 1 unspecified atom stereocenters. The van der Waals surface area contributed by atoms with Crippen molar-refractivity contribution in [2.45, 2.75) is 33.5 Å². The number of fused-ring (bicyclic) bond motifs is 1. The van der Waals surface area contributed by atoms with Crippen LogP contribution < -0.4 is 5.63 Å². The molecule has 3 nitrogen and oxygen atoms in total. The van der Waals surface area contributed by atoms with Crippen LogP contribution in [-0.2, 0) is 11.3 Å². The van der Waals surface area contributed by atoms with Gasteiger partial charge in [-0.3, -0.25) is 0 Å². The average Bonchev–Trinajstić information content (AvgIpc) is 2.44. The van der Waals surface area contributed by atoms with Crippen LogP contribution in [0.1, 0.15) is 35.5 Å². The molecule has 0 N–H and O–H groups in total. The van der Waals surface area contributed by atoms with E-state index in [4.69, 9.17) is 9.15 Å². The van der Waals surface area contributed by atoms with Gasteiger partial charge in [-0.2, -0.15) is 0 Å². The molecule has 0 aliphatic carbocycles. The minimum atomic E-state index is -0.242. The van der Waals surface area contributed by atoms with Gasteiger partial charge in [0.05, 0.1) is 12.7 Å². The van der Waals surface area contributed by atoms with Crippen molar-refractivity contribution in [1.82, 2.24) is 0 Å². The third-order valence-electron chi connectivity index (χ3n) is 2.59. The molecule has 1 aliphatic heterocycles. The first-order valence-corrected chi connectivity index (χ1v) is 4.36. The summed E-state index contributed by atoms with van der Waals surface area (Å²) >= 11 is 0. The van der Waals surface area contributed by atoms with Crippen LogP contribution in [0.15, 0.2) is 9.21 Å². The van der Waals surface area contributed by atoms with Crippen LogP contribution in [0.4, 0.5) is 0 Å². The van der Waals surface area contributed by atoms with E-state index in [0.717, 1.165) is 11.1 Å². The Labute approximate surface area is 76.3 Å². The second-order valence-electron chi connectivity index (χ2n) is 3.42. The van der Waals surface area contributed by atoms with Crippen molar-refractivity contribution < 1.29 is 9.15 Å². The Morgan fingerprint density at radius 1 is 1.38 bits per heavy atom. The summed E-state index contributed by atoms with van der Waals surface area (Å²) in [5.74, 6) is 0.690. The highest BCUT2D eigenvalue weighted by Crippen LogP contribution is 2.32. The van der Waals surface area contributed by atoms with E-state index in [1.165, 1.54) is 0 Å². The van der Waals surface area contributed by atoms with E-state index >= 15 is 0 Å². The zero-order valence-electron chi connectivity index (χ0n) is 8.01. The van der Waals surface area contributed by atoms with E-state index in [1.807, 2.05) is 6.92 Å². The molecular formula is C10H12O3. The molecule has 70 valence electrons. The molecular weight excluding hydrogens is 168 g/mol. The second-order valence-corrected chi connectivity index (χ2v) is 3.42. The maximum Gasteiger partial charge on any atom is 0.339 e. The van der Waals surface area contributed by atoms with E-state index in [0.29, 0.717) is 17.9 Å². The molecule has 0 fully saturated rings. The first-order chi connectivity index (χ1) is 6.11. The smallest absolute Gasteiger partial charge is 0.339 e. The van der Waals surface area contributed by atoms with Crippen molar-refractivity contribution in [3.63, 3.8) is 0 Å². The molecule has 0 radical (unpaired) electrons. The third-order valence-corrected chi connectivity index (χ3v) is 2.59. The summed E-state index contributed by atoms with van der Waals surface area (Å²) < 4.78 is 10.5. The molecule has 0 amide bonds. The standard InChI is InChI=1S/C10H12O3/c1-5-9-7(3)12-4-8(9)6(2)13-10(5)11/h7H,4H2,1-3H3. The van der Waals surface area contributed by atoms with Gasteiger partial charge in [0.2, 0.25) is 0 Å². The SMILES string of the molecule is Cc1oc(=O)c(C)c2c1COC2C. The van der Waals surface area contributed by atoms with Crippen molar-refractivity contribution >= 4 is 0 Å². The lowest BCUT2D eigenvalue weighted by Crippen LogP contribution is -2.10. The van der Waals surface area contributed by atoms with Crippen molar-refractivity contribution in [3.05, 3.63) is 32.9 Å². The van der Waals surface area contributed by atoms with Gasteiger partial charge in [0.15, 0.2) is 0 Å². The predicted molar refractivity (Wildman–Crippen MR) is 47.7 cm³/mol. The Kier molecular flexibility index (Phi) is 1.77. The van der Waals surface area contributed by atoms with Gasteiger partial charge in [-0.15, -0.1) is 0 Å². The molecule has 1 aliphatic rings. The Morgan fingerprint density at radius 3 is 2.77 bits per heavy atom. The monoisotopic (exact) mass is 180 g/mol. The van der Waals surface area contributed by atoms with Gasteiger partial charge in [-0.1, -0.05) is 0 Å². The van der Waals surface area contributed by atoms with Gasteiger partial charge in [0, 0.05) is 11.1 Å². The highest BCUT2D eigenvalue weighted by atomic mass is 16.5. The van der Waals surface area contributed by atoms with Crippen LogP contribution in [0.5, 0.6) is 0 Å². The lowest BCUT2D eigenvalue weighted by molar-refractivity contribution is 0.0790. The predicted octanol–water partition coefficient (Wildman–Crippen LogP) is 1.85. The molecule has 0 aromatic carbocycles. The summed E-state index contributed by atoms with van der Waals surface area (Å²) in [7, 11) is 0. The molecule has 1 aromatic rings. The van der Waals surface area contributed by atoms with E-state index in [9.17, 15) is 4.79 Å². The number of rotatable bonds is 0. The lowest BCUT2D eigenvalue weighted by atomic mass is 10.0. The highest BCUT2D eigenvalue weighted by molar-refractivity contribution is 5.37. The van der Waals surface area contributed by atoms with Crippen LogP contribution in [0, 0.1) is 13.8 Å². The molecule has 0 saturated heterocycles. The van der Waals surface area contributed by atoms with Crippen molar-refractivity contribution in [1.29, 1.82) is 0 Å². The number of ether oxygens (including phenoxy) is 1. The van der Waals surface area contributed by atoms with Crippen molar-refractivity contribution in [3.8, 4) is 0 Å². The summed E-state index contributed by atoms with van der Waals surface area (Å²) in [6.45, 7) is 6.11. The van der Waals surface area contributed by atoms with Crippen LogP contribution in [0.25, 0.3) is 0 Å². The maximum atomic E-state index is 11.3. The molecule has 0 bridgehead atoms. The fraction of sp³-hybridized carbons (Fsp3) is 0.500.